The molecule has 1 heterocycles. The van der Waals surface area contributed by atoms with Gasteiger partial charge in [-0.15, -0.1) is 0 Å². The molecule has 136 valence electrons. The van der Waals surface area contributed by atoms with E-state index in [1.807, 2.05) is 30.3 Å². The average molecular weight is 359 g/mol. The van der Waals surface area contributed by atoms with Gasteiger partial charge in [0.25, 0.3) is 0 Å². The van der Waals surface area contributed by atoms with Gasteiger partial charge in [-0.05, 0) is 11.6 Å². The van der Waals surface area contributed by atoms with Gasteiger partial charge < -0.3 is 19.3 Å². The Labute approximate surface area is 150 Å². The predicted octanol–water partition coefficient (Wildman–Crippen LogP) is 0.373. The molecule has 0 amide bonds. The summed E-state index contributed by atoms with van der Waals surface area (Å²) in [5.74, 6) is -0.545. The smallest absolute Gasteiger partial charge is 0.341 e. The van der Waals surface area contributed by atoms with Gasteiger partial charge in [0.2, 0.25) is 6.67 Å². The number of benzene rings is 2. The van der Waals surface area contributed by atoms with Crippen molar-refractivity contribution in [3.8, 4) is 5.75 Å². The Balaban J connectivity index is 1.94. The van der Waals surface area contributed by atoms with Crippen molar-refractivity contribution in [1.82, 2.24) is 0 Å². The van der Waals surface area contributed by atoms with Crippen molar-refractivity contribution in [2.75, 3.05) is 19.9 Å². The monoisotopic (exact) mass is 359 g/mol. The van der Waals surface area contributed by atoms with Crippen LogP contribution in [0.5, 0.6) is 5.75 Å². The lowest BCUT2D eigenvalue weighted by Crippen LogP contribution is -2.79. The van der Waals surface area contributed by atoms with E-state index in [0.717, 1.165) is 5.56 Å². The highest BCUT2D eigenvalue weighted by Gasteiger charge is 2.27. The van der Waals surface area contributed by atoms with Gasteiger partial charge in [-0.3, -0.25) is 5.32 Å². The molecule has 0 radical (unpaired) electrons. The molecule has 8 heteroatoms. The molecule has 26 heavy (non-hydrogen) atoms. The summed E-state index contributed by atoms with van der Waals surface area (Å²) in [6.45, 7) is 1.44. The maximum absolute atomic E-state index is 11.6. The van der Waals surface area contributed by atoms with Crippen LogP contribution in [-0.2, 0) is 16.1 Å². The molecule has 0 atom stereocenters. The lowest BCUT2D eigenvalue weighted by atomic mass is 10.1. The van der Waals surface area contributed by atoms with E-state index in [-0.39, 0.29) is 12.2 Å². The summed E-state index contributed by atoms with van der Waals surface area (Å²) in [7, 11) is 0. The first kappa shape index (κ1) is 18.0. The molecule has 0 bridgehead atoms. The number of aromatic carboxylic acids is 1. The summed E-state index contributed by atoms with van der Waals surface area (Å²) in [6, 6.07) is 12.9. The number of nitrogens with zero attached hydrogens (tertiary/aromatic N) is 1. The zero-order valence-electron chi connectivity index (χ0n) is 14.1. The minimum atomic E-state index is -1.05. The van der Waals surface area contributed by atoms with Crippen molar-refractivity contribution < 1.29 is 35.0 Å². The maximum Gasteiger partial charge on any atom is 0.341 e. The van der Waals surface area contributed by atoms with Crippen LogP contribution in [0.4, 0.5) is 5.69 Å². The van der Waals surface area contributed by atoms with Crippen molar-refractivity contribution in [3.05, 3.63) is 59.2 Å². The van der Waals surface area contributed by atoms with Gasteiger partial charge in [-0.1, -0.05) is 30.3 Å². The van der Waals surface area contributed by atoms with E-state index < -0.39 is 12.3 Å². The fourth-order valence-corrected chi connectivity index (χ4v) is 2.70. The van der Waals surface area contributed by atoms with Crippen molar-refractivity contribution in [1.29, 1.82) is 0 Å². The number of ether oxygens (including phenoxy) is 3. The molecule has 1 saturated heterocycles. The fraction of sp³-hybridized carbons (Fsp3) is 0.278. The molecule has 2 aromatic carbocycles. The largest absolute Gasteiger partial charge is 0.488 e. The third-order valence-corrected chi connectivity index (χ3v) is 3.94. The van der Waals surface area contributed by atoms with E-state index in [9.17, 15) is 9.90 Å². The Kier molecular flexibility index (Phi) is 5.90. The molecule has 0 aromatic heterocycles. The molecule has 0 aliphatic carbocycles. The zero-order valence-corrected chi connectivity index (χ0v) is 14.1. The maximum atomic E-state index is 11.6. The van der Waals surface area contributed by atoms with E-state index in [4.69, 9.17) is 19.7 Å². The van der Waals surface area contributed by atoms with Crippen LogP contribution in [0.15, 0.2) is 47.6 Å². The molecule has 0 spiro atoms. The van der Waals surface area contributed by atoms with Crippen LogP contribution >= 0.6 is 0 Å². The van der Waals surface area contributed by atoms with E-state index in [1.54, 1.807) is 11.4 Å². The molecule has 1 fully saturated rings. The Bertz CT molecular complexity index is 776. The SMILES string of the molecule is [NH2+]=NC[NH2+]c1cc(OCc2ccccc2)c(C2OCCO2)cc1C(=O)O. The topological polar surface area (TPSA) is 120 Å². The number of nitrogens with two attached hydrogens (primary N) is 2. The number of carbonyl (C=O) groups is 1. The third kappa shape index (κ3) is 4.23. The molecular formula is C18H21N3O5+2. The first-order valence-electron chi connectivity index (χ1n) is 8.20. The van der Waals surface area contributed by atoms with Gasteiger partial charge >= 0.3 is 5.97 Å². The fourth-order valence-electron chi connectivity index (χ4n) is 2.70. The minimum absolute atomic E-state index is 0.120. The van der Waals surface area contributed by atoms with Crippen LogP contribution in [0.25, 0.3) is 0 Å². The number of quaternary nitrogens is 1. The zero-order chi connectivity index (χ0) is 18.4. The van der Waals surface area contributed by atoms with Crippen molar-refractivity contribution in [3.63, 3.8) is 0 Å². The number of hydrogen-bond donors (Lipinski definition) is 3. The molecule has 3 rings (SSSR count). The Morgan fingerprint density at radius 2 is 2.00 bits per heavy atom. The minimum Gasteiger partial charge on any atom is -0.488 e. The highest BCUT2D eigenvalue weighted by atomic mass is 16.7. The van der Waals surface area contributed by atoms with Crippen molar-refractivity contribution >= 4 is 11.7 Å². The van der Waals surface area contributed by atoms with Crippen molar-refractivity contribution in [2.45, 2.75) is 12.9 Å². The predicted molar refractivity (Wildman–Crippen MR) is 89.6 cm³/mol. The van der Waals surface area contributed by atoms with Gasteiger partial charge in [0.1, 0.15) is 23.6 Å². The summed E-state index contributed by atoms with van der Waals surface area (Å²) in [6.07, 6.45) is -0.646. The highest BCUT2D eigenvalue weighted by molar-refractivity contribution is 5.93. The number of carboxylic acids is 1. The molecular weight excluding hydrogens is 338 g/mol. The average Bonchev–Trinajstić information content (AvgIpc) is 3.19. The summed E-state index contributed by atoms with van der Waals surface area (Å²) < 4.78 is 17.0. The summed E-state index contributed by atoms with van der Waals surface area (Å²) in [5, 5.41) is 14.7. The molecule has 8 nitrogen and oxygen atoms in total. The second kappa shape index (κ2) is 8.52. The molecule has 2 aromatic rings. The van der Waals surface area contributed by atoms with E-state index in [1.165, 1.54) is 6.07 Å². The first-order valence-corrected chi connectivity index (χ1v) is 8.20. The van der Waals surface area contributed by atoms with E-state index >= 15 is 0 Å². The second-order valence-corrected chi connectivity index (χ2v) is 5.70. The molecule has 5 N–H and O–H groups in total. The number of hydrogen-bond acceptors (Lipinski definition) is 5. The first-order chi connectivity index (χ1) is 12.7. The van der Waals surface area contributed by atoms with Crippen molar-refractivity contribution in [2.24, 2.45) is 5.11 Å². The summed E-state index contributed by atoms with van der Waals surface area (Å²) in [5.41, 5.74) is 7.33. The van der Waals surface area contributed by atoms with Crippen LogP contribution in [-0.4, -0.2) is 31.0 Å². The lowest BCUT2D eigenvalue weighted by molar-refractivity contribution is -0.581. The quantitative estimate of drug-likeness (QED) is 0.465. The van der Waals surface area contributed by atoms with Crippen LogP contribution in [0.3, 0.4) is 0 Å². The highest BCUT2D eigenvalue weighted by Crippen LogP contribution is 2.35. The molecule has 1 aliphatic rings. The van der Waals surface area contributed by atoms with Gasteiger partial charge in [0, 0.05) is 11.2 Å². The Morgan fingerprint density at radius 3 is 2.65 bits per heavy atom. The molecule has 1 aliphatic heterocycles. The van der Waals surface area contributed by atoms with Gasteiger partial charge in [0.05, 0.1) is 18.8 Å². The lowest BCUT2D eigenvalue weighted by Gasteiger charge is -2.17. The third-order valence-electron chi connectivity index (χ3n) is 3.94. The van der Waals surface area contributed by atoms with E-state index in [2.05, 4.69) is 5.11 Å². The van der Waals surface area contributed by atoms with Gasteiger partial charge in [0.15, 0.2) is 6.29 Å². The molecule has 0 unspecified atom stereocenters. The van der Waals surface area contributed by atoms with Crippen LogP contribution in [0, 0.1) is 0 Å². The number of carboxylic acid groups (broad SMARTS) is 1. The van der Waals surface area contributed by atoms with Crippen LogP contribution in [0.2, 0.25) is 0 Å². The standard InChI is InChI=1S/C18H19N3O5/c19-21-11-20-15-9-16(26-10-12-4-2-1-3-5-12)14(8-13(15)17(22)23)18-24-6-7-25-18/h1-5,8-9,18-20H,6-7,10-11H2,(H,22,23)/p+2. The normalized spacial score (nSPS) is 14.3. The Morgan fingerprint density at radius 1 is 1.27 bits per heavy atom. The summed E-state index contributed by atoms with van der Waals surface area (Å²) >= 11 is 0. The second-order valence-electron chi connectivity index (χ2n) is 5.70. The Hall–Kier alpha value is -2.81. The van der Waals surface area contributed by atoms with E-state index in [0.29, 0.717) is 36.8 Å². The number of rotatable bonds is 8. The van der Waals surface area contributed by atoms with Crippen LogP contribution < -0.4 is 15.6 Å². The van der Waals surface area contributed by atoms with Gasteiger partial charge in [-0.25, -0.2) is 4.79 Å². The van der Waals surface area contributed by atoms with Crippen LogP contribution in [0.1, 0.15) is 27.8 Å². The molecule has 0 saturated carbocycles. The summed E-state index contributed by atoms with van der Waals surface area (Å²) in [4.78, 5) is 11.6. The van der Waals surface area contributed by atoms with Gasteiger partial charge in [-0.2, -0.15) is 5.53 Å².